The fourth-order valence-corrected chi connectivity index (χ4v) is 1.47. The topological polar surface area (TPSA) is 37.3 Å². The first-order chi connectivity index (χ1) is 6.50. The minimum atomic E-state index is -1.23. The molecule has 0 spiro atoms. The van der Waals surface area contributed by atoms with Crippen LogP contribution in [0.1, 0.15) is 58.8 Å². The van der Waals surface area contributed by atoms with Crippen molar-refractivity contribution < 1.29 is 9.90 Å². The van der Waals surface area contributed by atoms with Crippen LogP contribution >= 0.6 is 12.6 Å². The molecule has 84 valence electrons. The summed E-state index contributed by atoms with van der Waals surface area (Å²) in [4.78, 5) is 10.8. The van der Waals surface area contributed by atoms with Crippen molar-refractivity contribution in [1.29, 1.82) is 0 Å². The molecule has 0 aliphatic rings. The summed E-state index contributed by atoms with van der Waals surface area (Å²) < 4.78 is 0. The molecule has 0 aliphatic heterocycles. The van der Waals surface area contributed by atoms with E-state index < -0.39 is 10.7 Å². The maximum absolute atomic E-state index is 10.8. The molecule has 0 rings (SSSR count). The first kappa shape index (κ1) is 14.0. The Hall–Kier alpha value is -0.0200. The van der Waals surface area contributed by atoms with Gasteiger partial charge in [0.15, 0.2) is 0 Å². The summed E-state index contributed by atoms with van der Waals surface area (Å²) in [5.41, 5.74) is -1.23. The molecule has 2 nitrogen and oxygen atoms in total. The molecule has 1 unspecified atom stereocenters. The average Bonchev–Trinajstić information content (AvgIpc) is 2.10. The quantitative estimate of drug-likeness (QED) is 0.485. The van der Waals surface area contributed by atoms with E-state index in [9.17, 15) is 9.90 Å². The van der Waals surface area contributed by atoms with Crippen molar-refractivity contribution in [2.24, 2.45) is 0 Å². The Morgan fingerprint density at radius 3 is 2.21 bits per heavy atom. The van der Waals surface area contributed by atoms with Gasteiger partial charge in [0.25, 0.3) is 0 Å². The van der Waals surface area contributed by atoms with Crippen LogP contribution in [0.25, 0.3) is 0 Å². The van der Waals surface area contributed by atoms with Gasteiger partial charge in [-0.2, -0.15) is 0 Å². The van der Waals surface area contributed by atoms with Gasteiger partial charge in [0, 0.05) is 0 Å². The molecule has 0 aromatic carbocycles. The third kappa shape index (κ3) is 6.44. The number of rotatable bonds is 8. The van der Waals surface area contributed by atoms with Crippen LogP contribution in [0.15, 0.2) is 0 Å². The molecule has 0 fully saturated rings. The molecular formula is C11H22O2S. The monoisotopic (exact) mass is 218 g/mol. The number of aliphatic hydroxyl groups is 1. The summed E-state index contributed by atoms with van der Waals surface area (Å²) in [5, 5.41) is 9.14. The highest BCUT2D eigenvalue weighted by molar-refractivity contribution is 7.96. The second-order valence-electron chi connectivity index (χ2n) is 4.10. The number of hydrogen-bond acceptors (Lipinski definition) is 2. The number of thiol groups is 1. The molecule has 0 amide bonds. The van der Waals surface area contributed by atoms with Crippen molar-refractivity contribution in [3.05, 3.63) is 0 Å². The van der Waals surface area contributed by atoms with Crippen molar-refractivity contribution in [2.45, 2.75) is 64.4 Å². The second-order valence-corrected chi connectivity index (χ2v) is 4.50. The maximum atomic E-state index is 10.8. The molecule has 1 N–H and O–H groups in total. The van der Waals surface area contributed by atoms with E-state index in [1.54, 1.807) is 0 Å². The van der Waals surface area contributed by atoms with Gasteiger partial charge in [0.1, 0.15) is 5.60 Å². The zero-order valence-electron chi connectivity index (χ0n) is 9.25. The average molecular weight is 218 g/mol. The smallest absolute Gasteiger partial charge is 0.217 e. The number of hydrogen-bond donors (Lipinski definition) is 2. The molecule has 0 aliphatic carbocycles. The molecule has 0 radical (unpaired) electrons. The first-order valence-electron chi connectivity index (χ1n) is 5.46. The Kier molecular flexibility index (Phi) is 7.28. The van der Waals surface area contributed by atoms with E-state index in [4.69, 9.17) is 0 Å². The molecule has 0 saturated carbocycles. The van der Waals surface area contributed by atoms with Crippen LogP contribution in [0, 0.1) is 0 Å². The van der Waals surface area contributed by atoms with Gasteiger partial charge in [-0.1, -0.05) is 45.4 Å². The molecule has 0 bridgehead atoms. The maximum Gasteiger partial charge on any atom is 0.217 e. The minimum Gasteiger partial charge on any atom is -0.381 e. The zero-order valence-corrected chi connectivity index (χ0v) is 10.1. The summed E-state index contributed by atoms with van der Waals surface area (Å²) in [6.45, 7) is 3.72. The Labute approximate surface area is 92.5 Å². The summed E-state index contributed by atoms with van der Waals surface area (Å²) in [6, 6.07) is 0. The van der Waals surface area contributed by atoms with Gasteiger partial charge in [0.05, 0.1) is 0 Å². The van der Waals surface area contributed by atoms with E-state index in [2.05, 4.69) is 19.6 Å². The van der Waals surface area contributed by atoms with Crippen LogP contribution in [0.2, 0.25) is 0 Å². The Morgan fingerprint density at radius 2 is 1.71 bits per heavy atom. The van der Waals surface area contributed by atoms with Crippen LogP contribution in [0.5, 0.6) is 0 Å². The highest BCUT2D eigenvalue weighted by atomic mass is 32.1. The van der Waals surface area contributed by atoms with Crippen LogP contribution < -0.4 is 0 Å². The normalized spacial score (nSPS) is 15.1. The van der Waals surface area contributed by atoms with Crippen molar-refractivity contribution in [3.63, 3.8) is 0 Å². The van der Waals surface area contributed by atoms with Crippen molar-refractivity contribution in [2.75, 3.05) is 0 Å². The van der Waals surface area contributed by atoms with Gasteiger partial charge in [-0.25, -0.2) is 0 Å². The molecule has 0 heterocycles. The molecule has 14 heavy (non-hydrogen) atoms. The first-order valence-corrected chi connectivity index (χ1v) is 5.91. The van der Waals surface area contributed by atoms with E-state index in [-0.39, 0.29) is 0 Å². The predicted molar refractivity (Wildman–Crippen MR) is 62.6 cm³/mol. The molecule has 1 atom stereocenters. The SMILES string of the molecule is CCCCCCCCC(C)(O)C(=O)S. The standard InChI is InChI=1S/C11H22O2S/c1-3-4-5-6-7-8-9-11(2,13)10(12)14/h13H,3-9H2,1-2H3,(H,12,14). The Morgan fingerprint density at radius 1 is 1.21 bits per heavy atom. The molecule has 0 saturated heterocycles. The van der Waals surface area contributed by atoms with Gasteiger partial charge in [-0.05, 0) is 13.3 Å². The molecule has 0 aromatic heterocycles. The number of carbonyl (C=O) groups is 1. The largest absolute Gasteiger partial charge is 0.381 e. The third-order valence-corrected chi connectivity index (χ3v) is 2.96. The van der Waals surface area contributed by atoms with Crippen LogP contribution in [-0.4, -0.2) is 15.8 Å². The summed E-state index contributed by atoms with van der Waals surface area (Å²) in [6.07, 6.45) is 7.51. The Balaban J connectivity index is 3.40. The lowest BCUT2D eigenvalue weighted by Crippen LogP contribution is -2.31. The highest BCUT2D eigenvalue weighted by Gasteiger charge is 2.26. The van der Waals surface area contributed by atoms with E-state index >= 15 is 0 Å². The summed E-state index contributed by atoms with van der Waals surface area (Å²) in [5.74, 6) is 0. The second kappa shape index (κ2) is 7.30. The highest BCUT2D eigenvalue weighted by Crippen LogP contribution is 2.18. The van der Waals surface area contributed by atoms with Crippen molar-refractivity contribution >= 4 is 17.7 Å². The van der Waals surface area contributed by atoms with Crippen LogP contribution in [0.4, 0.5) is 0 Å². The zero-order chi connectivity index (χ0) is 11.0. The van der Waals surface area contributed by atoms with E-state index in [1.807, 2.05) is 0 Å². The lowest BCUT2D eigenvalue weighted by Gasteiger charge is -2.18. The Bertz CT molecular complexity index is 167. The molecular weight excluding hydrogens is 196 g/mol. The summed E-state index contributed by atoms with van der Waals surface area (Å²) in [7, 11) is 0. The van der Waals surface area contributed by atoms with Crippen molar-refractivity contribution in [3.8, 4) is 0 Å². The summed E-state index contributed by atoms with van der Waals surface area (Å²) >= 11 is 3.65. The lowest BCUT2D eigenvalue weighted by molar-refractivity contribution is -0.126. The molecule has 3 heteroatoms. The number of unbranched alkanes of at least 4 members (excludes halogenated alkanes) is 5. The van der Waals surface area contributed by atoms with E-state index in [0.717, 1.165) is 12.8 Å². The van der Waals surface area contributed by atoms with Crippen LogP contribution in [0.3, 0.4) is 0 Å². The third-order valence-electron chi connectivity index (χ3n) is 2.48. The minimum absolute atomic E-state index is 0.425. The molecule has 0 aromatic rings. The predicted octanol–water partition coefficient (Wildman–Crippen LogP) is 2.94. The van der Waals surface area contributed by atoms with Gasteiger partial charge >= 0.3 is 0 Å². The van der Waals surface area contributed by atoms with Crippen molar-refractivity contribution in [1.82, 2.24) is 0 Å². The van der Waals surface area contributed by atoms with Crippen LogP contribution in [-0.2, 0) is 4.79 Å². The van der Waals surface area contributed by atoms with Gasteiger partial charge < -0.3 is 5.11 Å². The van der Waals surface area contributed by atoms with Gasteiger partial charge in [-0.15, -0.1) is 12.6 Å². The van der Waals surface area contributed by atoms with Gasteiger partial charge in [-0.3, -0.25) is 4.79 Å². The van der Waals surface area contributed by atoms with E-state index in [1.165, 1.54) is 32.6 Å². The fraction of sp³-hybridized carbons (Fsp3) is 0.909. The number of carbonyl (C=O) groups excluding carboxylic acids is 1. The lowest BCUT2D eigenvalue weighted by atomic mass is 9.99. The fourth-order valence-electron chi connectivity index (χ4n) is 1.36. The van der Waals surface area contributed by atoms with E-state index in [0.29, 0.717) is 6.42 Å². The van der Waals surface area contributed by atoms with Gasteiger partial charge in [0.2, 0.25) is 5.12 Å².